The number of ether oxygens (including phenoxy) is 1. The van der Waals surface area contributed by atoms with E-state index in [1.54, 1.807) is 18.3 Å². The van der Waals surface area contributed by atoms with Gasteiger partial charge >= 0.3 is 5.97 Å². The van der Waals surface area contributed by atoms with Crippen molar-refractivity contribution >= 4 is 28.7 Å². The highest BCUT2D eigenvalue weighted by Crippen LogP contribution is 2.16. The Morgan fingerprint density at radius 1 is 1.36 bits per heavy atom. The Morgan fingerprint density at radius 3 is 2.73 bits per heavy atom. The zero-order chi connectivity index (χ0) is 16.2. The summed E-state index contributed by atoms with van der Waals surface area (Å²) in [7, 11) is 0. The van der Waals surface area contributed by atoms with Crippen LogP contribution in [-0.2, 0) is 4.74 Å². The molecule has 0 aliphatic carbocycles. The lowest BCUT2D eigenvalue weighted by Gasteiger charge is -2.20. The van der Waals surface area contributed by atoms with E-state index in [1.807, 2.05) is 45.2 Å². The number of rotatable bonds is 4. The van der Waals surface area contributed by atoms with E-state index in [1.165, 1.54) is 11.3 Å². The molecule has 0 fully saturated rings. The van der Waals surface area contributed by atoms with Crippen molar-refractivity contribution in [1.82, 2.24) is 4.98 Å². The van der Waals surface area contributed by atoms with Gasteiger partial charge in [0.15, 0.2) is 0 Å². The molecule has 6 heteroatoms. The smallest absolute Gasteiger partial charge is 0.339 e. The fourth-order valence-corrected chi connectivity index (χ4v) is 2.33. The number of benzene rings is 1. The molecule has 0 atom stereocenters. The van der Waals surface area contributed by atoms with E-state index in [-0.39, 0.29) is 5.97 Å². The Labute approximate surface area is 134 Å². The number of nitrogens with one attached hydrogen (secondary N) is 1. The Hall–Kier alpha value is -2.21. The Bertz CT molecular complexity index is 687. The van der Waals surface area contributed by atoms with Gasteiger partial charge in [-0.2, -0.15) is 5.10 Å². The van der Waals surface area contributed by atoms with E-state index in [4.69, 9.17) is 4.74 Å². The van der Waals surface area contributed by atoms with Crippen LogP contribution in [0.15, 0.2) is 34.7 Å². The molecular formula is C16H19N3O2S. The molecule has 1 aromatic heterocycles. The molecule has 0 aliphatic heterocycles. The maximum Gasteiger partial charge on any atom is 0.339 e. The number of hydrogen-bond acceptors (Lipinski definition) is 6. The second kappa shape index (κ2) is 6.70. The fraction of sp³-hybridized carbons (Fsp3) is 0.312. The van der Waals surface area contributed by atoms with Gasteiger partial charge in [-0.3, -0.25) is 5.43 Å². The summed E-state index contributed by atoms with van der Waals surface area (Å²) in [5.41, 5.74) is 4.44. The summed E-state index contributed by atoms with van der Waals surface area (Å²) >= 11 is 1.48. The second-order valence-corrected chi connectivity index (χ2v) is 6.61. The summed E-state index contributed by atoms with van der Waals surface area (Å²) in [6, 6.07) is 7.19. The van der Waals surface area contributed by atoms with Gasteiger partial charge in [0.2, 0.25) is 5.13 Å². The van der Waals surface area contributed by atoms with Crippen LogP contribution in [0, 0.1) is 6.92 Å². The number of thiazole rings is 1. The quantitative estimate of drug-likeness (QED) is 0.528. The van der Waals surface area contributed by atoms with Crippen molar-refractivity contribution in [1.29, 1.82) is 0 Å². The van der Waals surface area contributed by atoms with Crippen molar-refractivity contribution in [2.24, 2.45) is 5.10 Å². The first kappa shape index (κ1) is 16.2. The summed E-state index contributed by atoms with van der Waals surface area (Å²) < 4.78 is 5.40. The Kier molecular flexibility index (Phi) is 4.92. The minimum absolute atomic E-state index is 0.361. The van der Waals surface area contributed by atoms with Crippen molar-refractivity contribution in [3.05, 3.63) is 46.5 Å². The van der Waals surface area contributed by atoms with Crippen LogP contribution in [-0.4, -0.2) is 22.8 Å². The highest BCUT2D eigenvalue weighted by Gasteiger charge is 2.19. The zero-order valence-corrected chi connectivity index (χ0v) is 13.9. The largest absolute Gasteiger partial charge is 0.456 e. The van der Waals surface area contributed by atoms with Crippen molar-refractivity contribution in [2.75, 3.05) is 5.43 Å². The maximum atomic E-state index is 12.2. The normalized spacial score (nSPS) is 11.6. The summed E-state index contributed by atoms with van der Waals surface area (Å²) in [5.74, 6) is -0.361. The number of aryl methyl sites for hydroxylation is 1. The van der Waals surface area contributed by atoms with Crippen LogP contribution in [0.5, 0.6) is 0 Å². The molecule has 0 saturated heterocycles. The molecule has 0 aliphatic rings. The molecule has 1 N–H and O–H groups in total. The minimum atomic E-state index is -0.530. The summed E-state index contributed by atoms with van der Waals surface area (Å²) in [6.07, 6.45) is 1.59. The number of esters is 1. The van der Waals surface area contributed by atoms with Crippen LogP contribution in [0.2, 0.25) is 0 Å². The first-order valence-electron chi connectivity index (χ1n) is 6.89. The average Bonchev–Trinajstić information content (AvgIpc) is 2.83. The number of hydrazone groups is 1. The molecule has 0 radical (unpaired) electrons. The van der Waals surface area contributed by atoms with Gasteiger partial charge in [-0.15, -0.1) is 11.3 Å². The average molecular weight is 317 g/mol. The standard InChI is InChI=1S/C16H19N3O2S/c1-11-10-22-15(18-11)19-17-9-12-7-5-6-8-13(12)14(20)21-16(2,3)4/h5-10H,1-4H3,(H,18,19). The van der Waals surface area contributed by atoms with E-state index in [0.717, 1.165) is 5.69 Å². The molecule has 1 aromatic carbocycles. The van der Waals surface area contributed by atoms with E-state index in [2.05, 4.69) is 15.5 Å². The SMILES string of the molecule is Cc1csc(NN=Cc2ccccc2C(=O)OC(C)(C)C)n1. The first-order chi connectivity index (χ1) is 10.3. The number of hydrogen-bond donors (Lipinski definition) is 1. The minimum Gasteiger partial charge on any atom is -0.456 e. The van der Waals surface area contributed by atoms with Crippen molar-refractivity contribution in [3.63, 3.8) is 0 Å². The molecule has 22 heavy (non-hydrogen) atoms. The van der Waals surface area contributed by atoms with Gasteiger partial charge < -0.3 is 4.74 Å². The molecular weight excluding hydrogens is 298 g/mol. The molecule has 0 saturated carbocycles. The van der Waals surface area contributed by atoms with E-state index in [0.29, 0.717) is 16.3 Å². The van der Waals surface area contributed by atoms with E-state index < -0.39 is 5.60 Å². The Balaban J connectivity index is 2.12. The highest BCUT2D eigenvalue weighted by molar-refractivity contribution is 7.13. The summed E-state index contributed by atoms with van der Waals surface area (Å²) in [4.78, 5) is 16.5. The molecule has 0 amide bonds. The van der Waals surface area contributed by atoms with Crippen LogP contribution in [0.25, 0.3) is 0 Å². The first-order valence-corrected chi connectivity index (χ1v) is 7.77. The number of aromatic nitrogens is 1. The third-order valence-corrected chi connectivity index (χ3v) is 3.43. The topological polar surface area (TPSA) is 63.6 Å². The van der Waals surface area contributed by atoms with Gasteiger partial charge in [0.05, 0.1) is 17.5 Å². The number of carbonyl (C=O) groups excluding carboxylic acids is 1. The predicted octanol–water partition coefficient (Wildman–Crippen LogP) is 3.85. The van der Waals surface area contributed by atoms with Crippen molar-refractivity contribution in [3.8, 4) is 0 Å². The fourth-order valence-electron chi connectivity index (χ4n) is 1.69. The maximum absolute atomic E-state index is 12.2. The third kappa shape index (κ3) is 4.66. The molecule has 1 heterocycles. The lowest BCUT2D eigenvalue weighted by molar-refractivity contribution is 0.00694. The molecule has 2 rings (SSSR count). The van der Waals surface area contributed by atoms with Gasteiger partial charge in [0.25, 0.3) is 0 Å². The molecule has 0 bridgehead atoms. The zero-order valence-electron chi connectivity index (χ0n) is 13.1. The second-order valence-electron chi connectivity index (χ2n) is 5.75. The lowest BCUT2D eigenvalue weighted by Crippen LogP contribution is -2.24. The van der Waals surface area contributed by atoms with Crippen LogP contribution in [0.1, 0.15) is 42.4 Å². The van der Waals surface area contributed by atoms with E-state index >= 15 is 0 Å². The predicted molar refractivity (Wildman–Crippen MR) is 89.7 cm³/mol. The number of carbonyl (C=O) groups is 1. The molecule has 2 aromatic rings. The van der Waals surface area contributed by atoms with Gasteiger partial charge in [-0.1, -0.05) is 18.2 Å². The van der Waals surface area contributed by atoms with Crippen molar-refractivity contribution < 1.29 is 9.53 Å². The van der Waals surface area contributed by atoms with Crippen LogP contribution < -0.4 is 5.43 Å². The monoisotopic (exact) mass is 317 g/mol. The molecule has 0 spiro atoms. The van der Waals surface area contributed by atoms with Crippen LogP contribution in [0.4, 0.5) is 5.13 Å². The van der Waals surface area contributed by atoms with Gasteiger partial charge in [-0.05, 0) is 33.8 Å². The molecule has 5 nitrogen and oxygen atoms in total. The van der Waals surface area contributed by atoms with Gasteiger partial charge in [0.1, 0.15) is 5.60 Å². The molecule has 0 unspecified atom stereocenters. The van der Waals surface area contributed by atoms with Gasteiger partial charge in [0, 0.05) is 10.9 Å². The van der Waals surface area contributed by atoms with Crippen LogP contribution >= 0.6 is 11.3 Å². The van der Waals surface area contributed by atoms with E-state index in [9.17, 15) is 4.79 Å². The number of nitrogens with zero attached hydrogens (tertiary/aromatic N) is 2. The summed E-state index contributed by atoms with van der Waals surface area (Å²) in [5, 5.41) is 6.78. The van der Waals surface area contributed by atoms with Gasteiger partial charge in [-0.25, -0.2) is 9.78 Å². The summed E-state index contributed by atoms with van der Waals surface area (Å²) in [6.45, 7) is 7.44. The third-order valence-electron chi connectivity index (χ3n) is 2.56. The lowest BCUT2D eigenvalue weighted by atomic mass is 10.1. The molecule has 116 valence electrons. The van der Waals surface area contributed by atoms with Crippen LogP contribution in [0.3, 0.4) is 0 Å². The Morgan fingerprint density at radius 2 is 2.09 bits per heavy atom. The highest BCUT2D eigenvalue weighted by atomic mass is 32.1. The van der Waals surface area contributed by atoms with Crippen molar-refractivity contribution in [2.45, 2.75) is 33.3 Å². The number of anilines is 1.